The van der Waals surface area contributed by atoms with Crippen LogP contribution in [0.1, 0.15) is 64.0 Å². The Labute approximate surface area is 218 Å². The summed E-state index contributed by atoms with van der Waals surface area (Å²) in [5.74, 6) is 0.0933. The van der Waals surface area contributed by atoms with Crippen LogP contribution in [0.25, 0.3) is 11.1 Å². The maximum atomic E-state index is 13.7. The monoisotopic (exact) mass is 525 g/mol. The number of hydrogen-bond donors (Lipinski definition) is 2. The van der Waals surface area contributed by atoms with Crippen LogP contribution < -0.4 is 15.4 Å². The van der Waals surface area contributed by atoms with Gasteiger partial charge in [-0.05, 0) is 44.4 Å². The molecule has 4 heterocycles. The first-order valence-corrected chi connectivity index (χ1v) is 13.7. The van der Waals surface area contributed by atoms with Crippen LogP contribution in [0, 0.1) is 5.92 Å². The molecule has 0 aromatic carbocycles. The van der Waals surface area contributed by atoms with Crippen molar-refractivity contribution in [3.8, 4) is 11.1 Å². The Morgan fingerprint density at radius 2 is 1.92 bits per heavy atom. The van der Waals surface area contributed by atoms with E-state index in [-0.39, 0.29) is 27.4 Å². The van der Waals surface area contributed by atoms with Crippen molar-refractivity contribution in [3.63, 3.8) is 0 Å². The molecule has 1 saturated heterocycles. The second kappa shape index (κ2) is 9.13. The van der Waals surface area contributed by atoms with Crippen LogP contribution in [0.2, 0.25) is 0 Å². The normalized spacial score (nSPS) is 17.7. The lowest BCUT2D eigenvalue weighted by Gasteiger charge is -2.35. The molecule has 1 amide bonds. The highest BCUT2D eigenvalue weighted by molar-refractivity contribution is 7.90. The van der Waals surface area contributed by atoms with Crippen molar-refractivity contribution in [2.24, 2.45) is 13.0 Å². The number of nitrogens with two attached hydrogens (primary N) is 1. The summed E-state index contributed by atoms with van der Waals surface area (Å²) in [6, 6.07) is 5.98. The lowest BCUT2D eigenvalue weighted by molar-refractivity contribution is 0.0981. The minimum atomic E-state index is -4.28. The Hall–Kier alpha value is -3.47. The van der Waals surface area contributed by atoms with Crippen molar-refractivity contribution in [2.45, 2.75) is 63.9 Å². The van der Waals surface area contributed by atoms with E-state index >= 15 is 0 Å². The van der Waals surface area contributed by atoms with Crippen LogP contribution in [0.5, 0.6) is 0 Å². The summed E-state index contributed by atoms with van der Waals surface area (Å²) < 4.78 is 30.0. The Balaban J connectivity index is 1.91. The van der Waals surface area contributed by atoms with Crippen LogP contribution in [-0.4, -0.2) is 46.2 Å². The third-order valence-electron chi connectivity index (χ3n) is 6.55. The predicted molar refractivity (Wildman–Crippen MR) is 144 cm³/mol. The molecule has 1 unspecified atom stereocenters. The molecular formula is C26H35N7O3S. The maximum absolute atomic E-state index is 13.7. The van der Waals surface area contributed by atoms with Crippen LogP contribution in [0.3, 0.4) is 0 Å². The van der Waals surface area contributed by atoms with Crippen molar-refractivity contribution in [1.82, 2.24) is 24.5 Å². The smallest absolute Gasteiger partial charge is 0.281 e. The lowest BCUT2D eigenvalue weighted by atomic mass is 9.86. The Kier molecular flexibility index (Phi) is 6.56. The molecule has 198 valence electrons. The molecular weight excluding hydrogens is 490 g/mol. The Morgan fingerprint density at radius 1 is 1.22 bits per heavy atom. The van der Waals surface area contributed by atoms with Crippen molar-refractivity contribution < 1.29 is 13.2 Å². The Bertz CT molecular complexity index is 1460. The third-order valence-corrected chi connectivity index (χ3v) is 7.78. The van der Waals surface area contributed by atoms with Gasteiger partial charge in [-0.15, -0.1) is 0 Å². The van der Waals surface area contributed by atoms with E-state index in [0.29, 0.717) is 18.3 Å². The summed E-state index contributed by atoms with van der Waals surface area (Å²) >= 11 is 0. The summed E-state index contributed by atoms with van der Waals surface area (Å²) in [6.07, 6.45) is 4.47. The largest absolute Gasteiger partial charge is 0.384 e. The first-order chi connectivity index (χ1) is 17.1. The molecule has 1 aliphatic rings. The summed E-state index contributed by atoms with van der Waals surface area (Å²) in [4.78, 5) is 24.8. The molecule has 0 bridgehead atoms. The quantitative estimate of drug-likeness (QED) is 0.517. The summed E-state index contributed by atoms with van der Waals surface area (Å²) in [7, 11) is -2.46. The number of pyridine rings is 2. The van der Waals surface area contributed by atoms with Gasteiger partial charge in [-0.25, -0.2) is 14.7 Å². The first-order valence-electron chi connectivity index (χ1n) is 12.2. The van der Waals surface area contributed by atoms with Gasteiger partial charge in [-0.1, -0.05) is 33.8 Å². The van der Waals surface area contributed by atoms with Crippen LogP contribution in [0.4, 0.5) is 11.6 Å². The number of rotatable bonds is 5. The fourth-order valence-corrected chi connectivity index (χ4v) is 5.94. The predicted octanol–water partition coefficient (Wildman–Crippen LogP) is 3.50. The minimum absolute atomic E-state index is 0.0406. The Morgan fingerprint density at radius 3 is 2.46 bits per heavy atom. The van der Waals surface area contributed by atoms with Gasteiger partial charge >= 0.3 is 0 Å². The van der Waals surface area contributed by atoms with E-state index < -0.39 is 15.9 Å². The number of nitrogens with one attached hydrogen (secondary N) is 1. The average molecular weight is 526 g/mol. The second-order valence-corrected chi connectivity index (χ2v) is 13.1. The van der Waals surface area contributed by atoms with Crippen molar-refractivity contribution in [2.75, 3.05) is 17.2 Å². The highest BCUT2D eigenvalue weighted by Crippen LogP contribution is 2.41. The number of hydrogen-bond acceptors (Lipinski definition) is 8. The number of aromatic nitrogens is 4. The van der Waals surface area contributed by atoms with E-state index in [2.05, 4.69) is 61.2 Å². The molecule has 1 fully saturated rings. The van der Waals surface area contributed by atoms with Crippen molar-refractivity contribution in [1.29, 1.82) is 0 Å². The van der Waals surface area contributed by atoms with E-state index in [0.717, 1.165) is 23.2 Å². The minimum Gasteiger partial charge on any atom is -0.384 e. The van der Waals surface area contributed by atoms with Crippen LogP contribution >= 0.6 is 0 Å². The van der Waals surface area contributed by atoms with Crippen LogP contribution in [-0.2, 0) is 22.5 Å². The molecule has 4 rings (SSSR count). The molecule has 3 N–H and O–H groups in total. The fourth-order valence-electron chi connectivity index (χ4n) is 5.00. The van der Waals surface area contributed by atoms with Gasteiger partial charge in [0.15, 0.2) is 5.03 Å². The number of carbonyl (C=O) groups excluding carboxylic acids is 1. The van der Waals surface area contributed by atoms with Gasteiger partial charge in [0.05, 0.1) is 17.5 Å². The summed E-state index contributed by atoms with van der Waals surface area (Å²) in [5, 5.41) is 3.96. The van der Waals surface area contributed by atoms with Gasteiger partial charge in [-0.3, -0.25) is 9.48 Å². The standard InChI is InChI=1S/C26H35N7O3S/c1-16-12-26(5,6)33(14-16)23-19(24(34)31-37(35,36)21-10-8-9-20(27)29-21)11-18(17-13-28-32(7)15-17)22(30-23)25(2,3)4/h8-11,13,15-16H,12,14H2,1-7H3,(H2,27,29)(H,31,34). The van der Waals surface area contributed by atoms with Gasteiger partial charge in [0.25, 0.3) is 15.9 Å². The maximum Gasteiger partial charge on any atom is 0.281 e. The van der Waals surface area contributed by atoms with Crippen LogP contribution in [0.15, 0.2) is 41.7 Å². The number of anilines is 2. The van der Waals surface area contributed by atoms with E-state index in [1.807, 2.05) is 13.2 Å². The molecule has 0 spiro atoms. The summed E-state index contributed by atoms with van der Waals surface area (Å²) in [5.41, 5.74) is 7.51. The zero-order valence-electron chi connectivity index (χ0n) is 22.4. The molecule has 3 aromatic rings. The molecule has 0 saturated carbocycles. The van der Waals surface area contributed by atoms with Gasteiger partial charge < -0.3 is 10.6 Å². The van der Waals surface area contributed by atoms with E-state index in [9.17, 15) is 13.2 Å². The number of sulfonamides is 1. The summed E-state index contributed by atoms with van der Waals surface area (Å²) in [6.45, 7) is 13.3. The molecule has 11 heteroatoms. The third kappa shape index (κ3) is 5.31. The van der Waals surface area contributed by atoms with Crippen molar-refractivity contribution in [3.05, 3.63) is 47.9 Å². The molecule has 3 aromatic heterocycles. The molecule has 37 heavy (non-hydrogen) atoms. The molecule has 0 aliphatic carbocycles. The van der Waals surface area contributed by atoms with Gasteiger partial charge in [-0.2, -0.15) is 13.5 Å². The number of aryl methyl sites for hydroxylation is 1. The molecule has 0 radical (unpaired) electrons. The second-order valence-electron chi connectivity index (χ2n) is 11.5. The molecule has 1 atom stereocenters. The van der Waals surface area contributed by atoms with E-state index in [1.54, 1.807) is 16.9 Å². The molecule has 1 aliphatic heterocycles. The van der Waals surface area contributed by atoms with Gasteiger partial charge in [0.2, 0.25) is 0 Å². The zero-order valence-corrected chi connectivity index (χ0v) is 23.2. The number of carbonyl (C=O) groups is 1. The van der Waals surface area contributed by atoms with E-state index in [1.165, 1.54) is 18.2 Å². The van der Waals surface area contributed by atoms with Gasteiger partial charge in [0, 0.05) is 41.9 Å². The zero-order chi connectivity index (χ0) is 27.3. The molecule has 10 nitrogen and oxygen atoms in total. The topological polar surface area (TPSA) is 136 Å². The number of nitrogens with zero attached hydrogens (tertiary/aromatic N) is 5. The highest BCUT2D eigenvalue weighted by Gasteiger charge is 2.40. The number of nitrogen functional groups attached to an aromatic ring is 1. The highest BCUT2D eigenvalue weighted by atomic mass is 32.2. The first kappa shape index (κ1) is 26.6. The van der Waals surface area contributed by atoms with Crippen molar-refractivity contribution >= 4 is 27.6 Å². The average Bonchev–Trinajstić information content (AvgIpc) is 3.33. The number of amides is 1. The fraction of sp³-hybridized carbons (Fsp3) is 0.462. The SMILES string of the molecule is CC1CN(c2nc(C(C)(C)C)c(-c3cnn(C)c3)cc2C(=O)NS(=O)(=O)c2cccc(N)n2)C(C)(C)C1. The van der Waals surface area contributed by atoms with E-state index in [4.69, 9.17) is 10.7 Å². The van der Waals surface area contributed by atoms with Gasteiger partial charge in [0.1, 0.15) is 11.6 Å². The lowest BCUT2D eigenvalue weighted by Crippen LogP contribution is -2.41.